The Labute approximate surface area is 283 Å². The van der Waals surface area contributed by atoms with Gasteiger partial charge in [-0.1, -0.05) is 24.3 Å². The van der Waals surface area contributed by atoms with Gasteiger partial charge >= 0.3 is 23.1 Å². The van der Waals surface area contributed by atoms with Gasteiger partial charge in [0.1, 0.15) is 17.3 Å². The van der Waals surface area contributed by atoms with E-state index in [1.165, 1.54) is 0 Å². The Morgan fingerprint density at radius 1 is 0.837 bits per heavy atom. The van der Waals surface area contributed by atoms with Crippen molar-refractivity contribution in [2.75, 3.05) is 41.0 Å². The maximum atomic E-state index is 12.2. The van der Waals surface area contributed by atoms with Crippen LogP contribution in [0.2, 0.25) is 0 Å². The Kier molecular flexibility index (Phi) is 18.3. The number of hydrogen-bond donors (Lipinski definition) is 1. The zero-order chi connectivity index (χ0) is 29.4. The topological polar surface area (TPSA) is 106 Å². The first-order valence-electron chi connectivity index (χ1n) is 13.6. The van der Waals surface area contributed by atoms with E-state index >= 15 is 0 Å². The van der Waals surface area contributed by atoms with E-state index in [2.05, 4.69) is 0 Å². The predicted octanol–water partition coefficient (Wildman–Crippen LogP) is 0.879. The number of nitrogens with zero attached hydrogens (tertiary/aromatic N) is 2. The summed E-state index contributed by atoms with van der Waals surface area (Å²) in [6, 6.07) is 15.4. The van der Waals surface area contributed by atoms with E-state index < -0.39 is 6.10 Å². The van der Waals surface area contributed by atoms with E-state index in [9.17, 15) is 19.5 Å². The Morgan fingerprint density at radius 2 is 1.26 bits per heavy atom. The minimum absolute atomic E-state index is 0. The summed E-state index contributed by atoms with van der Waals surface area (Å²) in [6.07, 6.45) is 0.132. The predicted molar refractivity (Wildman–Crippen MR) is 163 cm³/mol. The van der Waals surface area contributed by atoms with E-state index in [1.54, 1.807) is 33.2 Å². The number of benzene rings is 2. The van der Waals surface area contributed by atoms with Crippen LogP contribution in [-0.4, -0.2) is 103 Å². The van der Waals surface area contributed by atoms with Crippen LogP contribution < -0.4 is 26.5 Å². The van der Waals surface area contributed by atoms with Crippen LogP contribution in [0, 0.1) is 19.3 Å². The summed E-state index contributed by atoms with van der Waals surface area (Å²) in [5.74, 6) is 1.63. The van der Waals surface area contributed by atoms with Crippen LogP contribution in [0.5, 0.6) is 11.5 Å². The number of ketones is 1. The fraction of sp³-hybridized carbons (Fsp3) is 0.500. The molecule has 2 aliphatic rings. The Balaban J connectivity index is 0.000000770. The number of ether oxygens (including phenoxy) is 3. The second kappa shape index (κ2) is 19.3. The molecular formula is C32H45BrMgN2O7. The molecule has 2 amide bonds. The molecule has 1 N–H and O–H groups in total. The maximum absolute atomic E-state index is 12.2. The molecule has 43 heavy (non-hydrogen) atoms. The minimum Gasteiger partial charge on any atom is -1.00 e. The van der Waals surface area contributed by atoms with Gasteiger partial charge in [-0.15, -0.1) is 0 Å². The molecule has 0 aromatic heterocycles. The molecule has 5 atom stereocenters. The summed E-state index contributed by atoms with van der Waals surface area (Å²) < 4.78 is 15.2. The number of aliphatic hydroxyl groups is 1. The molecule has 2 aromatic carbocycles. The first kappa shape index (κ1) is 40.8. The Bertz CT molecular complexity index is 1150. The number of carbonyl (C=O) groups excluding carboxylic acids is 3. The largest absolute Gasteiger partial charge is 2.00 e. The van der Waals surface area contributed by atoms with Crippen LogP contribution in [0.15, 0.2) is 48.5 Å². The summed E-state index contributed by atoms with van der Waals surface area (Å²) in [6.45, 7) is 6.91. The molecule has 2 aromatic rings. The van der Waals surface area contributed by atoms with Gasteiger partial charge in [0.05, 0.1) is 39.0 Å². The Morgan fingerprint density at radius 3 is 1.63 bits per heavy atom. The normalized spacial score (nSPS) is 19.5. The number of amides is 2. The van der Waals surface area contributed by atoms with Crippen LogP contribution >= 0.6 is 0 Å². The zero-order valence-corrected chi connectivity index (χ0v) is 29.4. The van der Waals surface area contributed by atoms with Gasteiger partial charge in [0, 0.05) is 44.9 Å². The number of Topliss-reactive ketones (excluding diaryl/α,β-unsaturated/α-hetero) is 1. The van der Waals surface area contributed by atoms with Crippen LogP contribution in [0.3, 0.4) is 0 Å². The third-order valence-electron chi connectivity index (χ3n) is 7.93. The third kappa shape index (κ3) is 10.7. The van der Waals surface area contributed by atoms with Crippen molar-refractivity contribution in [2.24, 2.45) is 11.8 Å². The number of halogens is 1. The van der Waals surface area contributed by atoms with Crippen molar-refractivity contribution in [3.8, 4) is 11.5 Å². The van der Waals surface area contributed by atoms with Gasteiger partial charge < -0.3 is 53.5 Å². The van der Waals surface area contributed by atoms with Crippen LogP contribution in [0.1, 0.15) is 56.8 Å². The van der Waals surface area contributed by atoms with E-state index in [-0.39, 0.29) is 95.6 Å². The fourth-order valence-electron chi connectivity index (χ4n) is 5.20. The number of carbonyl (C=O) groups is 3. The van der Waals surface area contributed by atoms with Crippen LogP contribution in [-0.2, 0) is 19.1 Å². The van der Waals surface area contributed by atoms with Crippen molar-refractivity contribution in [1.82, 2.24) is 9.80 Å². The van der Waals surface area contributed by atoms with Crippen molar-refractivity contribution in [1.29, 1.82) is 0 Å². The summed E-state index contributed by atoms with van der Waals surface area (Å²) >= 11 is 0. The summed E-state index contributed by atoms with van der Waals surface area (Å²) in [5.41, 5.74) is 2.12. The van der Waals surface area contributed by atoms with Gasteiger partial charge in [0.15, 0.2) is 0 Å². The molecule has 2 fully saturated rings. The van der Waals surface area contributed by atoms with E-state index in [0.717, 1.165) is 22.6 Å². The molecule has 0 saturated carbocycles. The van der Waals surface area contributed by atoms with Gasteiger partial charge in [-0.2, -0.15) is 0 Å². The van der Waals surface area contributed by atoms with Gasteiger partial charge in [-0.05, 0) is 56.2 Å². The molecule has 11 heteroatoms. The molecule has 0 aliphatic carbocycles. The quantitative estimate of drug-likeness (QED) is 0.295. The average Bonchev–Trinajstić information content (AvgIpc) is 3.55. The van der Waals surface area contributed by atoms with E-state index in [4.69, 9.17) is 14.2 Å². The summed E-state index contributed by atoms with van der Waals surface area (Å²) in [4.78, 5) is 39.2. The standard InChI is InChI=1S/C16H23NO4.C15H19NO3.CH3.BrH.Mg/c1-11(12-4-6-14(21-3)7-5-12)17-9-13(8-16(17)19)15(18)10-20-2;1-10(12-4-6-14(19-3)7-5-12)16-9-13(11(2)17)8-15(16)18;;;/h4-7,11,13,15,18H,8-10H2,1-3H3;4-7,10,13H,8-9H2,1-3H3;1H3;1H;/q;;-1;;+2/p-1/t11-,13?,15?;10-,13?;;;/m00.../s1. The zero-order valence-electron chi connectivity index (χ0n) is 26.4. The van der Waals surface area contributed by atoms with Crippen molar-refractivity contribution < 1.29 is 50.7 Å². The first-order chi connectivity index (χ1) is 19.1. The van der Waals surface area contributed by atoms with E-state index in [1.807, 2.05) is 67.3 Å². The van der Waals surface area contributed by atoms with Crippen molar-refractivity contribution >= 4 is 40.7 Å². The minimum atomic E-state index is -0.591. The molecular weight excluding hydrogens is 629 g/mol. The average molecular weight is 674 g/mol. The molecule has 2 saturated heterocycles. The van der Waals surface area contributed by atoms with Crippen LogP contribution in [0.25, 0.3) is 0 Å². The molecule has 2 heterocycles. The van der Waals surface area contributed by atoms with Gasteiger partial charge in [0.2, 0.25) is 11.8 Å². The molecule has 234 valence electrons. The smallest absolute Gasteiger partial charge is 1.00 e. The number of rotatable bonds is 10. The summed E-state index contributed by atoms with van der Waals surface area (Å²) in [7, 11) is 4.81. The second-order valence-corrected chi connectivity index (χ2v) is 10.5. The number of aliphatic hydroxyl groups excluding tert-OH is 1. The maximum Gasteiger partial charge on any atom is 2.00 e. The van der Waals surface area contributed by atoms with Gasteiger partial charge in [-0.3, -0.25) is 14.4 Å². The van der Waals surface area contributed by atoms with Crippen molar-refractivity contribution in [2.45, 2.75) is 51.8 Å². The molecule has 9 nitrogen and oxygen atoms in total. The molecule has 0 radical (unpaired) electrons. The first-order valence-corrected chi connectivity index (χ1v) is 13.6. The van der Waals surface area contributed by atoms with Gasteiger partial charge in [0.25, 0.3) is 0 Å². The third-order valence-corrected chi connectivity index (χ3v) is 7.93. The van der Waals surface area contributed by atoms with Crippen LogP contribution in [0.4, 0.5) is 0 Å². The monoisotopic (exact) mass is 672 g/mol. The molecule has 2 aliphatic heterocycles. The van der Waals surface area contributed by atoms with Crippen molar-refractivity contribution in [3.63, 3.8) is 0 Å². The second-order valence-electron chi connectivity index (χ2n) is 10.5. The van der Waals surface area contributed by atoms with E-state index in [0.29, 0.717) is 25.9 Å². The molecule has 0 spiro atoms. The van der Waals surface area contributed by atoms with Gasteiger partial charge in [-0.25, -0.2) is 0 Å². The number of methoxy groups -OCH3 is 3. The Hall–Kier alpha value is -2.18. The molecule has 0 bridgehead atoms. The SMILES string of the molecule is COCC(O)C1CC(=O)N([C@@H](C)c2ccc(OC)cc2)C1.COc1ccc([C@H](C)N2CC(C(C)=O)CC2=O)cc1.[Br-].[CH3-].[Mg+2]. The number of hydrogen-bond acceptors (Lipinski definition) is 7. The molecule has 3 unspecified atom stereocenters. The fourth-order valence-corrected chi connectivity index (χ4v) is 5.20. The summed E-state index contributed by atoms with van der Waals surface area (Å²) in [5, 5.41) is 9.98. The number of likely N-dealkylation sites (tertiary alicyclic amines) is 2. The van der Waals surface area contributed by atoms with Crippen molar-refractivity contribution in [3.05, 3.63) is 67.1 Å². The molecule has 4 rings (SSSR count).